The maximum atomic E-state index is 6.00. The van der Waals surface area contributed by atoms with Crippen molar-refractivity contribution >= 4 is 58.8 Å². The maximum Gasteiger partial charge on any atom is 0.0716 e. The smallest absolute Gasteiger partial charge is 0.0716 e. The summed E-state index contributed by atoms with van der Waals surface area (Å²) in [7, 11) is 10.6. The lowest BCUT2D eigenvalue weighted by Crippen LogP contribution is -2.32. The SMILES string of the molecule is CCCC[SiH](CCCC)C(CCCCSSSSCCCCC(OC)[SiH](CCCC)CCCC)OC. The molecule has 0 saturated carbocycles. The van der Waals surface area contributed by atoms with Crippen LogP contribution >= 0.6 is 41.2 Å². The molecule has 0 bridgehead atoms. The molecule has 2 nitrogen and oxygen atoms in total. The summed E-state index contributed by atoms with van der Waals surface area (Å²) in [5.41, 5.74) is 1.22. The van der Waals surface area contributed by atoms with Crippen molar-refractivity contribution < 1.29 is 9.47 Å². The molecule has 0 aliphatic carbocycles. The van der Waals surface area contributed by atoms with E-state index in [4.69, 9.17) is 9.47 Å². The lowest BCUT2D eigenvalue weighted by atomic mass is 10.3. The number of hydrogen-bond donors (Lipinski definition) is 0. The molecule has 0 aliphatic rings. The van der Waals surface area contributed by atoms with Gasteiger partial charge in [-0.25, -0.2) is 0 Å². The number of rotatable bonds is 29. The van der Waals surface area contributed by atoms with Gasteiger partial charge in [-0.05, 0) is 45.3 Å². The summed E-state index contributed by atoms with van der Waals surface area (Å²) in [6.45, 7) is 9.32. The van der Waals surface area contributed by atoms with E-state index in [0.29, 0.717) is 11.5 Å². The predicted molar refractivity (Wildman–Crippen MR) is 183 cm³/mol. The molecule has 0 heterocycles. The fourth-order valence-electron chi connectivity index (χ4n) is 5.11. The van der Waals surface area contributed by atoms with Crippen LogP contribution in [0.1, 0.15) is 118 Å². The van der Waals surface area contributed by atoms with E-state index in [1.807, 2.05) is 33.9 Å². The summed E-state index contributed by atoms with van der Waals surface area (Å²) in [5.74, 6) is 2.56. The number of unbranched alkanes of at least 4 members (excludes halogenated alkanes) is 6. The van der Waals surface area contributed by atoms with E-state index >= 15 is 0 Å². The molecule has 8 heteroatoms. The minimum absolute atomic E-state index is 0.611. The van der Waals surface area contributed by atoms with Crippen LogP contribution in [0.5, 0.6) is 0 Å². The molecule has 0 radical (unpaired) electrons. The van der Waals surface area contributed by atoms with E-state index in [0.717, 1.165) is 0 Å². The molecule has 0 aliphatic heterocycles. The molecule has 0 spiro atoms. The van der Waals surface area contributed by atoms with Gasteiger partial charge < -0.3 is 9.47 Å². The third-order valence-electron chi connectivity index (χ3n) is 7.43. The molecule has 0 rings (SSSR count). The van der Waals surface area contributed by atoms with Crippen LogP contribution in [0.4, 0.5) is 0 Å². The van der Waals surface area contributed by atoms with E-state index in [1.165, 1.54) is 126 Å². The molecule has 36 heavy (non-hydrogen) atoms. The summed E-state index contributed by atoms with van der Waals surface area (Å²) < 4.78 is 12.0. The summed E-state index contributed by atoms with van der Waals surface area (Å²) >= 11 is 0. The van der Waals surface area contributed by atoms with Gasteiger partial charge in [0.2, 0.25) is 0 Å². The zero-order valence-corrected chi connectivity index (χ0v) is 30.5. The van der Waals surface area contributed by atoms with Crippen LogP contribution in [0.15, 0.2) is 0 Å². The van der Waals surface area contributed by atoms with Crippen molar-refractivity contribution in [2.24, 2.45) is 0 Å². The van der Waals surface area contributed by atoms with Gasteiger partial charge in [-0.1, -0.05) is 138 Å². The molecule has 0 aromatic heterocycles. The summed E-state index contributed by atoms with van der Waals surface area (Å²) in [6, 6.07) is 5.94. The van der Waals surface area contributed by atoms with Gasteiger partial charge in [0.05, 0.1) is 17.6 Å². The first-order valence-corrected chi connectivity index (χ1v) is 25.1. The standard InChI is InChI=1S/C28H62O2S4Si2/c1-7-11-23-35(24-12-8-2)27(29-5)19-15-17-21-31-33-34-32-22-18-16-20-28(30-6)36(25-13-9-3)26-14-10-4/h27-28,35-36H,7-26H2,1-6H3. The third-order valence-corrected chi connectivity index (χ3v) is 22.0. The van der Waals surface area contributed by atoms with Crippen molar-refractivity contribution in [3.05, 3.63) is 0 Å². The van der Waals surface area contributed by atoms with Gasteiger partial charge in [-0.3, -0.25) is 0 Å². The van der Waals surface area contributed by atoms with E-state index < -0.39 is 17.6 Å². The highest BCUT2D eigenvalue weighted by Gasteiger charge is 2.22. The molecule has 2 unspecified atom stereocenters. The molecule has 0 aromatic carbocycles. The second kappa shape index (κ2) is 29.7. The Kier molecular flexibility index (Phi) is 31.2. The Bertz CT molecular complexity index is 384. The van der Waals surface area contributed by atoms with Crippen molar-refractivity contribution in [1.29, 1.82) is 0 Å². The Morgan fingerprint density at radius 2 is 0.833 bits per heavy atom. The van der Waals surface area contributed by atoms with E-state index in [-0.39, 0.29) is 0 Å². The van der Waals surface area contributed by atoms with Crippen LogP contribution in [-0.4, -0.2) is 54.8 Å². The molecule has 0 amide bonds. The first-order valence-electron chi connectivity index (χ1n) is 15.3. The van der Waals surface area contributed by atoms with Crippen LogP contribution in [0, 0.1) is 0 Å². The second-order valence-electron chi connectivity index (χ2n) is 10.4. The van der Waals surface area contributed by atoms with Crippen molar-refractivity contribution in [1.82, 2.24) is 0 Å². The normalized spacial score (nSPS) is 13.7. The van der Waals surface area contributed by atoms with Crippen LogP contribution in [-0.2, 0) is 9.47 Å². The molecule has 2 atom stereocenters. The Labute approximate surface area is 245 Å². The topological polar surface area (TPSA) is 18.5 Å². The quantitative estimate of drug-likeness (QED) is 0.0470. The van der Waals surface area contributed by atoms with E-state index in [9.17, 15) is 0 Å². The van der Waals surface area contributed by atoms with E-state index in [2.05, 4.69) is 49.3 Å². The Morgan fingerprint density at radius 1 is 0.500 bits per heavy atom. The van der Waals surface area contributed by atoms with Gasteiger partial charge in [0.1, 0.15) is 0 Å². The molecule has 0 saturated heterocycles. The van der Waals surface area contributed by atoms with Gasteiger partial charge in [-0.15, -0.1) is 0 Å². The van der Waals surface area contributed by atoms with Gasteiger partial charge in [0.25, 0.3) is 0 Å². The molecule has 0 fully saturated rings. The first kappa shape index (κ1) is 37.8. The van der Waals surface area contributed by atoms with Crippen LogP contribution in [0.25, 0.3) is 0 Å². The average molecular weight is 615 g/mol. The average Bonchev–Trinajstić information content (AvgIpc) is 2.90. The number of hydrogen-bond acceptors (Lipinski definition) is 6. The lowest BCUT2D eigenvalue weighted by molar-refractivity contribution is 0.150. The molecular weight excluding hydrogens is 553 g/mol. The highest BCUT2D eigenvalue weighted by atomic mass is 33.7. The van der Waals surface area contributed by atoms with Crippen LogP contribution < -0.4 is 0 Å². The Morgan fingerprint density at radius 3 is 1.11 bits per heavy atom. The predicted octanol–water partition coefficient (Wildman–Crippen LogP) is 10.8. The zero-order chi connectivity index (χ0) is 26.7. The van der Waals surface area contributed by atoms with Gasteiger partial charge >= 0.3 is 0 Å². The van der Waals surface area contributed by atoms with Crippen molar-refractivity contribution in [2.75, 3.05) is 25.7 Å². The molecular formula is C28H62O2S4Si2. The highest BCUT2D eigenvalue weighted by molar-refractivity contribution is 9.26. The largest absolute Gasteiger partial charge is 0.385 e. The van der Waals surface area contributed by atoms with Crippen molar-refractivity contribution in [2.45, 2.75) is 153 Å². The van der Waals surface area contributed by atoms with Gasteiger partial charge in [-0.2, -0.15) is 0 Å². The summed E-state index contributed by atoms with van der Waals surface area (Å²) in [6.07, 6.45) is 19.0. The zero-order valence-electron chi connectivity index (χ0n) is 24.9. The van der Waals surface area contributed by atoms with Crippen LogP contribution in [0.2, 0.25) is 24.2 Å². The molecule has 218 valence electrons. The Balaban J connectivity index is 3.85. The summed E-state index contributed by atoms with van der Waals surface area (Å²) in [5, 5.41) is 0. The van der Waals surface area contributed by atoms with Gasteiger partial charge in [0, 0.05) is 37.2 Å². The fraction of sp³-hybridized carbons (Fsp3) is 1.00. The Hall–Kier alpha value is 1.75. The summed E-state index contributed by atoms with van der Waals surface area (Å²) in [4.78, 5) is 0. The molecule has 0 N–H and O–H groups in total. The minimum Gasteiger partial charge on any atom is -0.385 e. The monoisotopic (exact) mass is 614 g/mol. The first-order chi connectivity index (χ1) is 17.7. The lowest BCUT2D eigenvalue weighted by Gasteiger charge is -2.25. The highest BCUT2D eigenvalue weighted by Crippen LogP contribution is 2.43. The second-order valence-corrected chi connectivity index (χ2v) is 23.5. The van der Waals surface area contributed by atoms with Gasteiger partial charge in [0.15, 0.2) is 0 Å². The van der Waals surface area contributed by atoms with E-state index in [1.54, 1.807) is 0 Å². The maximum absolute atomic E-state index is 6.00. The third kappa shape index (κ3) is 21.6. The molecule has 0 aromatic rings. The minimum atomic E-state index is -0.741. The number of methoxy groups -OCH3 is 2. The van der Waals surface area contributed by atoms with Crippen molar-refractivity contribution in [3.63, 3.8) is 0 Å². The number of ether oxygens (including phenoxy) is 2. The van der Waals surface area contributed by atoms with Crippen LogP contribution in [0.3, 0.4) is 0 Å². The fourth-order valence-corrected chi connectivity index (χ4v) is 19.4. The van der Waals surface area contributed by atoms with Crippen molar-refractivity contribution in [3.8, 4) is 0 Å².